The molecule has 1 aliphatic rings. The van der Waals surface area contributed by atoms with Crippen molar-refractivity contribution in [3.8, 4) is 0 Å². The van der Waals surface area contributed by atoms with Gasteiger partial charge in [-0.05, 0) is 24.9 Å². The van der Waals surface area contributed by atoms with Crippen LogP contribution in [0.2, 0.25) is 0 Å². The molecule has 2 rings (SSSR count). The van der Waals surface area contributed by atoms with Crippen LogP contribution in [0.1, 0.15) is 13.3 Å². The van der Waals surface area contributed by atoms with Crippen molar-refractivity contribution in [2.75, 3.05) is 25.0 Å². The van der Waals surface area contributed by atoms with E-state index in [9.17, 15) is 9.90 Å². The Hall–Kier alpha value is -1.53. The van der Waals surface area contributed by atoms with Gasteiger partial charge < -0.3 is 5.11 Å². The zero-order chi connectivity index (χ0) is 13.0. The van der Waals surface area contributed by atoms with E-state index >= 15 is 0 Å². The van der Waals surface area contributed by atoms with Crippen LogP contribution >= 0.6 is 0 Å². The van der Waals surface area contributed by atoms with Gasteiger partial charge >= 0.3 is 0 Å². The lowest BCUT2D eigenvalue weighted by molar-refractivity contribution is -0.117. The second kappa shape index (κ2) is 5.88. The minimum Gasteiger partial charge on any atom is -0.395 e. The predicted molar refractivity (Wildman–Crippen MR) is 66.9 cm³/mol. The van der Waals surface area contributed by atoms with Gasteiger partial charge in [-0.1, -0.05) is 6.92 Å². The summed E-state index contributed by atoms with van der Waals surface area (Å²) < 4.78 is 0. The Morgan fingerprint density at radius 2 is 2.28 bits per heavy atom. The van der Waals surface area contributed by atoms with Crippen molar-refractivity contribution in [3.05, 3.63) is 18.5 Å². The number of likely N-dealkylation sites (tertiary alicyclic amines) is 1. The number of hydrogen-bond donors (Lipinski definition) is 2. The Labute approximate surface area is 106 Å². The SMILES string of the molecule is CC1CCN(CC(=O)Nc2ncccn2)C1CO. The van der Waals surface area contributed by atoms with Crippen LogP contribution in [-0.2, 0) is 4.79 Å². The maximum absolute atomic E-state index is 11.8. The highest BCUT2D eigenvalue weighted by Gasteiger charge is 2.31. The van der Waals surface area contributed by atoms with Crippen LogP contribution in [0.3, 0.4) is 0 Å². The number of amides is 1. The molecule has 1 saturated heterocycles. The number of carbonyl (C=O) groups excluding carboxylic acids is 1. The van der Waals surface area contributed by atoms with Crippen LogP contribution in [0.4, 0.5) is 5.95 Å². The quantitative estimate of drug-likeness (QED) is 0.793. The highest BCUT2D eigenvalue weighted by Crippen LogP contribution is 2.22. The smallest absolute Gasteiger partial charge is 0.240 e. The Balaban J connectivity index is 1.88. The van der Waals surface area contributed by atoms with Gasteiger partial charge in [0.2, 0.25) is 11.9 Å². The lowest BCUT2D eigenvalue weighted by Gasteiger charge is -2.23. The third kappa shape index (κ3) is 3.02. The summed E-state index contributed by atoms with van der Waals surface area (Å²) in [4.78, 5) is 21.7. The first-order chi connectivity index (χ1) is 8.70. The summed E-state index contributed by atoms with van der Waals surface area (Å²) in [6, 6.07) is 1.77. The van der Waals surface area contributed by atoms with Crippen LogP contribution in [0, 0.1) is 5.92 Å². The molecule has 1 aromatic heterocycles. The molecule has 1 fully saturated rings. The van der Waals surface area contributed by atoms with E-state index in [0.29, 0.717) is 11.9 Å². The number of rotatable bonds is 4. The number of aliphatic hydroxyl groups is 1. The fourth-order valence-electron chi connectivity index (χ4n) is 2.29. The minimum atomic E-state index is -0.145. The van der Waals surface area contributed by atoms with Gasteiger partial charge in [0.1, 0.15) is 0 Å². The van der Waals surface area contributed by atoms with Crippen LogP contribution in [0.15, 0.2) is 18.5 Å². The van der Waals surface area contributed by atoms with E-state index in [1.165, 1.54) is 0 Å². The van der Waals surface area contributed by atoms with Gasteiger partial charge in [0.25, 0.3) is 0 Å². The van der Waals surface area contributed by atoms with Crippen LogP contribution in [0.5, 0.6) is 0 Å². The number of nitrogens with one attached hydrogen (secondary N) is 1. The lowest BCUT2D eigenvalue weighted by Crippen LogP contribution is -2.40. The summed E-state index contributed by atoms with van der Waals surface area (Å²) in [5.41, 5.74) is 0. The predicted octanol–water partition coefficient (Wildman–Crippen LogP) is 0.118. The Morgan fingerprint density at radius 1 is 1.56 bits per heavy atom. The lowest BCUT2D eigenvalue weighted by atomic mass is 10.0. The number of nitrogens with zero attached hydrogens (tertiary/aromatic N) is 3. The van der Waals surface area contributed by atoms with Crippen molar-refractivity contribution >= 4 is 11.9 Å². The number of aliphatic hydroxyl groups excluding tert-OH is 1. The first-order valence-electron chi connectivity index (χ1n) is 6.12. The van der Waals surface area contributed by atoms with Crippen molar-refractivity contribution in [3.63, 3.8) is 0 Å². The molecule has 0 aromatic carbocycles. The molecule has 0 spiro atoms. The molecule has 1 aliphatic heterocycles. The monoisotopic (exact) mass is 250 g/mol. The molecule has 18 heavy (non-hydrogen) atoms. The average molecular weight is 250 g/mol. The summed E-state index contributed by atoms with van der Waals surface area (Å²) >= 11 is 0. The molecule has 0 radical (unpaired) electrons. The first kappa shape index (κ1) is 12.9. The van der Waals surface area contributed by atoms with E-state index in [2.05, 4.69) is 22.2 Å². The van der Waals surface area contributed by atoms with E-state index < -0.39 is 0 Å². The molecule has 2 unspecified atom stereocenters. The van der Waals surface area contributed by atoms with E-state index in [-0.39, 0.29) is 25.1 Å². The summed E-state index contributed by atoms with van der Waals surface area (Å²) in [5.74, 6) is 0.597. The molecule has 6 nitrogen and oxygen atoms in total. The highest BCUT2D eigenvalue weighted by atomic mass is 16.3. The highest BCUT2D eigenvalue weighted by molar-refractivity contribution is 5.90. The van der Waals surface area contributed by atoms with Gasteiger partial charge in [-0.15, -0.1) is 0 Å². The molecule has 2 atom stereocenters. The molecule has 0 aliphatic carbocycles. The maximum atomic E-state index is 11.8. The molecule has 0 bridgehead atoms. The van der Waals surface area contributed by atoms with E-state index in [1.807, 2.05) is 4.90 Å². The van der Waals surface area contributed by atoms with Gasteiger partial charge in [0.15, 0.2) is 0 Å². The second-order valence-electron chi connectivity index (χ2n) is 4.61. The first-order valence-corrected chi connectivity index (χ1v) is 6.12. The fraction of sp³-hybridized carbons (Fsp3) is 0.583. The zero-order valence-corrected chi connectivity index (χ0v) is 10.4. The van der Waals surface area contributed by atoms with E-state index in [4.69, 9.17) is 0 Å². The fourth-order valence-corrected chi connectivity index (χ4v) is 2.29. The number of carbonyl (C=O) groups is 1. The molecular formula is C12H18N4O2. The van der Waals surface area contributed by atoms with Crippen molar-refractivity contribution in [2.45, 2.75) is 19.4 Å². The number of anilines is 1. The van der Waals surface area contributed by atoms with Gasteiger partial charge in [0.05, 0.1) is 13.2 Å². The number of aromatic nitrogens is 2. The van der Waals surface area contributed by atoms with E-state index in [0.717, 1.165) is 13.0 Å². The molecule has 98 valence electrons. The standard InChI is InChI=1S/C12H18N4O2/c1-9-3-6-16(10(9)8-17)7-11(18)15-12-13-4-2-5-14-12/h2,4-5,9-10,17H,3,6-8H2,1H3,(H,13,14,15,18). The van der Waals surface area contributed by atoms with Gasteiger partial charge in [-0.3, -0.25) is 15.0 Å². The third-order valence-corrected chi connectivity index (χ3v) is 3.35. The van der Waals surface area contributed by atoms with Crippen LogP contribution in [0.25, 0.3) is 0 Å². The van der Waals surface area contributed by atoms with Gasteiger partial charge in [-0.25, -0.2) is 9.97 Å². The summed E-state index contributed by atoms with van der Waals surface area (Å²) in [5, 5.41) is 12.0. The van der Waals surface area contributed by atoms with Crippen molar-refractivity contribution in [2.24, 2.45) is 5.92 Å². The molecule has 1 amide bonds. The Kier molecular flexibility index (Phi) is 4.22. The van der Waals surface area contributed by atoms with Crippen molar-refractivity contribution < 1.29 is 9.90 Å². The molecule has 2 heterocycles. The minimum absolute atomic E-state index is 0.0763. The van der Waals surface area contributed by atoms with Crippen molar-refractivity contribution in [1.29, 1.82) is 0 Å². The second-order valence-corrected chi connectivity index (χ2v) is 4.61. The van der Waals surface area contributed by atoms with E-state index in [1.54, 1.807) is 18.5 Å². The molecule has 6 heteroatoms. The summed E-state index contributed by atoms with van der Waals surface area (Å²) in [6.45, 7) is 3.30. The summed E-state index contributed by atoms with van der Waals surface area (Å²) in [6.07, 6.45) is 4.18. The van der Waals surface area contributed by atoms with Gasteiger partial charge in [0, 0.05) is 18.4 Å². The van der Waals surface area contributed by atoms with Gasteiger partial charge in [-0.2, -0.15) is 0 Å². The largest absolute Gasteiger partial charge is 0.395 e. The third-order valence-electron chi connectivity index (χ3n) is 3.35. The van der Waals surface area contributed by atoms with Crippen LogP contribution in [-0.4, -0.2) is 51.6 Å². The molecular weight excluding hydrogens is 232 g/mol. The van der Waals surface area contributed by atoms with Crippen molar-refractivity contribution in [1.82, 2.24) is 14.9 Å². The zero-order valence-electron chi connectivity index (χ0n) is 10.4. The average Bonchev–Trinajstić information content (AvgIpc) is 2.71. The maximum Gasteiger partial charge on any atom is 0.240 e. The summed E-state index contributed by atoms with van der Waals surface area (Å²) in [7, 11) is 0. The number of hydrogen-bond acceptors (Lipinski definition) is 5. The molecule has 2 N–H and O–H groups in total. The normalized spacial score (nSPS) is 24.1. The topological polar surface area (TPSA) is 78.4 Å². The Morgan fingerprint density at radius 3 is 2.94 bits per heavy atom. The Bertz CT molecular complexity index is 398. The van der Waals surface area contributed by atoms with Crippen LogP contribution < -0.4 is 5.32 Å². The molecule has 0 saturated carbocycles. The molecule has 1 aromatic rings.